The Kier molecular flexibility index (Phi) is 7.18. The van der Waals surface area contributed by atoms with Crippen LogP contribution in [0.15, 0.2) is 24.3 Å². The van der Waals surface area contributed by atoms with E-state index in [0.717, 1.165) is 45.6 Å². The molecule has 0 unspecified atom stereocenters. The topological polar surface area (TPSA) is 72.8 Å². The van der Waals surface area contributed by atoms with Gasteiger partial charge in [0.1, 0.15) is 17.8 Å². The monoisotopic (exact) mass is 344 g/mol. The van der Waals surface area contributed by atoms with Crippen molar-refractivity contribution in [1.29, 1.82) is 0 Å². The second-order valence-electron chi connectivity index (χ2n) is 5.60. The molecule has 0 aromatic heterocycles. The molecule has 0 radical (unpaired) electrons. The molecule has 0 aliphatic heterocycles. The fourth-order valence-electron chi connectivity index (χ4n) is 2.41. The maximum absolute atomic E-state index is 10.7. The number of carboxylic acid groups (broad SMARTS) is 1. The third kappa shape index (κ3) is 4.59. The Bertz CT molecular complexity index is 778. The van der Waals surface area contributed by atoms with Gasteiger partial charge in [-0.1, -0.05) is 0 Å². The van der Waals surface area contributed by atoms with Gasteiger partial charge in [-0.3, -0.25) is 4.79 Å². The lowest BCUT2D eigenvalue weighted by atomic mass is 10.0. The SMILES string of the molecule is COc1ccc(C(=O)O)c(C)c1C.COc1ccc(C=O)c(C)c1C. The molecule has 0 atom stereocenters. The molecule has 25 heavy (non-hydrogen) atoms. The molecule has 0 saturated carbocycles. The second-order valence-corrected chi connectivity index (χ2v) is 5.60. The molecule has 2 rings (SSSR count). The van der Waals surface area contributed by atoms with Gasteiger partial charge < -0.3 is 14.6 Å². The highest BCUT2D eigenvalue weighted by molar-refractivity contribution is 5.90. The van der Waals surface area contributed by atoms with Crippen LogP contribution in [-0.4, -0.2) is 31.6 Å². The fourth-order valence-corrected chi connectivity index (χ4v) is 2.41. The molecule has 0 bridgehead atoms. The van der Waals surface area contributed by atoms with Gasteiger partial charge in [0.15, 0.2) is 0 Å². The molecule has 2 aromatic rings. The van der Waals surface area contributed by atoms with E-state index in [9.17, 15) is 9.59 Å². The van der Waals surface area contributed by atoms with Crippen molar-refractivity contribution in [2.24, 2.45) is 0 Å². The van der Waals surface area contributed by atoms with E-state index in [2.05, 4.69) is 0 Å². The summed E-state index contributed by atoms with van der Waals surface area (Å²) in [5.41, 5.74) is 4.72. The Hall–Kier alpha value is -2.82. The van der Waals surface area contributed by atoms with Gasteiger partial charge >= 0.3 is 5.97 Å². The fraction of sp³-hybridized carbons (Fsp3) is 0.300. The minimum atomic E-state index is -0.900. The van der Waals surface area contributed by atoms with Crippen molar-refractivity contribution in [2.45, 2.75) is 27.7 Å². The molecule has 0 aliphatic carbocycles. The molecule has 134 valence electrons. The Morgan fingerprint density at radius 3 is 1.76 bits per heavy atom. The van der Waals surface area contributed by atoms with Crippen molar-refractivity contribution in [1.82, 2.24) is 0 Å². The van der Waals surface area contributed by atoms with Gasteiger partial charge in [-0.25, -0.2) is 4.79 Å². The number of methoxy groups -OCH3 is 2. The number of hydrogen-bond acceptors (Lipinski definition) is 4. The van der Waals surface area contributed by atoms with E-state index in [1.807, 2.05) is 26.8 Å². The van der Waals surface area contributed by atoms with Crippen molar-refractivity contribution in [2.75, 3.05) is 14.2 Å². The minimum Gasteiger partial charge on any atom is -0.496 e. The van der Waals surface area contributed by atoms with Crippen molar-refractivity contribution >= 4 is 12.3 Å². The first kappa shape index (κ1) is 20.2. The number of hydrogen-bond donors (Lipinski definition) is 1. The number of rotatable bonds is 4. The lowest BCUT2D eigenvalue weighted by Gasteiger charge is -2.09. The molecular weight excluding hydrogens is 320 g/mol. The summed E-state index contributed by atoms with van der Waals surface area (Å²) in [5.74, 6) is 0.656. The molecule has 0 spiro atoms. The maximum Gasteiger partial charge on any atom is 0.335 e. The second kappa shape index (κ2) is 8.87. The number of aldehydes is 1. The predicted octanol–water partition coefficient (Wildman–Crippen LogP) is 4.13. The molecule has 0 heterocycles. The van der Waals surface area contributed by atoms with E-state index in [0.29, 0.717) is 5.56 Å². The van der Waals surface area contributed by atoms with Gasteiger partial charge in [0.2, 0.25) is 0 Å². The van der Waals surface area contributed by atoms with E-state index < -0.39 is 5.97 Å². The molecule has 5 nitrogen and oxygen atoms in total. The Labute approximate surface area is 148 Å². The predicted molar refractivity (Wildman–Crippen MR) is 97.3 cm³/mol. The average Bonchev–Trinajstić information content (AvgIpc) is 2.60. The Balaban J connectivity index is 0.000000251. The molecule has 0 aliphatic rings. The van der Waals surface area contributed by atoms with Gasteiger partial charge in [-0.15, -0.1) is 0 Å². The van der Waals surface area contributed by atoms with E-state index in [4.69, 9.17) is 14.6 Å². The molecule has 1 N–H and O–H groups in total. The van der Waals surface area contributed by atoms with Crippen molar-refractivity contribution in [3.63, 3.8) is 0 Å². The standard InChI is InChI=1S/C10H12O3.C10H12O2/c1-6-7(2)9(13-3)5-4-8(6)10(11)12;1-7-8(2)10(12-3)5-4-9(7)6-11/h4-5H,1-3H3,(H,11,12);4-6H,1-3H3. The summed E-state index contributed by atoms with van der Waals surface area (Å²) in [6.45, 7) is 7.49. The van der Waals surface area contributed by atoms with E-state index in [1.54, 1.807) is 39.3 Å². The van der Waals surface area contributed by atoms with Crippen LogP contribution >= 0.6 is 0 Å². The first-order valence-corrected chi connectivity index (χ1v) is 7.75. The van der Waals surface area contributed by atoms with Gasteiger partial charge in [-0.05, 0) is 74.2 Å². The van der Waals surface area contributed by atoms with Crippen molar-refractivity contribution < 1.29 is 24.2 Å². The highest BCUT2D eigenvalue weighted by Gasteiger charge is 2.11. The molecule has 0 amide bonds. The summed E-state index contributed by atoms with van der Waals surface area (Å²) < 4.78 is 10.2. The Morgan fingerprint density at radius 1 is 0.840 bits per heavy atom. The number of benzene rings is 2. The van der Waals surface area contributed by atoms with Crippen LogP contribution in [0.2, 0.25) is 0 Å². The third-order valence-corrected chi connectivity index (χ3v) is 4.31. The molecule has 2 aromatic carbocycles. The van der Waals surface area contributed by atoms with Crippen LogP contribution in [0.3, 0.4) is 0 Å². The molecular formula is C20H24O5. The van der Waals surface area contributed by atoms with E-state index in [-0.39, 0.29) is 0 Å². The lowest BCUT2D eigenvalue weighted by Crippen LogP contribution is -2.02. The number of ether oxygens (including phenoxy) is 2. The summed E-state index contributed by atoms with van der Waals surface area (Å²) in [4.78, 5) is 21.3. The van der Waals surface area contributed by atoms with Crippen LogP contribution in [-0.2, 0) is 0 Å². The van der Waals surface area contributed by atoms with Crippen LogP contribution < -0.4 is 9.47 Å². The molecule has 0 saturated heterocycles. The van der Waals surface area contributed by atoms with Crippen LogP contribution in [0.5, 0.6) is 11.5 Å². The van der Waals surface area contributed by atoms with Crippen molar-refractivity contribution in [3.8, 4) is 11.5 Å². The van der Waals surface area contributed by atoms with Gasteiger partial charge in [0.05, 0.1) is 19.8 Å². The van der Waals surface area contributed by atoms with Gasteiger partial charge in [-0.2, -0.15) is 0 Å². The van der Waals surface area contributed by atoms with Crippen LogP contribution in [0, 0.1) is 27.7 Å². The number of carbonyl (C=O) groups excluding carboxylic acids is 1. The highest BCUT2D eigenvalue weighted by Crippen LogP contribution is 2.24. The van der Waals surface area contributed by atoms with Crippen LogP contribution in [0.1, 0.15) is 43.0 Å². The first-order chi connectivity index (χ1) is 11.8. The van der Waals surface area contributed by atoms with E-state index >= 15 is 0 Å². The third-order valence-electron chi connectivity index (χ3n) is 4.31. The quantitative estimate of drug-likeness (QED) is 0.844. The average molecular weight is 344 g/mol. The summed E-state index contributed by atoms with van der Waals surface area (Å²) in [7, 11) is 3.20. The van der Waals surface area contributed by atoms with Crippen LogP contribution in [0.4, 0.5) is 0 Å². The minimum absolute atomic E-state index is 0.332. The van der Waals surface area contributed by atoms with Crippen molar-refractivity contribution in [3.05, 3.63) is 57.6 Å². The smallest absolute Gasteiger partial charge is 0.335 e. The zero-order valence-electron chi connectivity index (χ0n) is 15.5. The van der Waals surface area contributed by atoms with Gasteiger partial charge in [0.25, 0.3) is 0 Å². The van der Waals surface area contributed by atoms with Gasteiger partial charge in [0, 0.05) is 5.56 Å². The summed E-state index contributed by atoms with van der Waals surface area (Å²) in [6.07, 6.45) is 0.863. The highest BCUT2D eigenvalue weighted by atomic mass is 16.5. The lowest BCUT2D eigenvalue weighted by molar-refractivity contribution is 0.0695. The van der Waals surface area contributed by atoms with E-state index in [1.165, 1.54) is 0 Å². The molecule has 5 heteroatoms. The zero-order chi connectivity index (χ0) is 19.1. The number of aromatic carboxylic acids is 1. The number of carbonyl (C=O) groups is 2. The summed E-state index contributed by atoms with van der Waals surface area (Å²) >= 11 is 0. The molecule has 0 fully saturated rings. The van der Waals surface area contributed by atoms with Crippen LogP contribution in [0.25, 0.3) is 0 Å². The zero-order valence-corrected chi connectivity index (χ0v) is 15.5. The normalized spacial score (nSPS) is 9.68. The summed E-state index contributed by atoms with van der Waals surface area (Å²) in [5, 5.41) is 8.81. The first-order valence-electron chi connectivity index (χ1n) is 7.75. The maximum atomic E-state index is 10.7. The summed E-state index contributed by atoms with van der Waals surface area (Å²) in [6, 6.07) is 6.82. The number of carboxylic acids is 1. The Morgan fingerprint density at radius 2 is 1.32 bits per heavy atom. The largest absolute Gasteiger partial charge is 0.496 e.